The van der Waals surface area contributed by atoms with Gasteiger partial charge in [0.05, 0.1) is 18.3 Å². The fourth-order valence-corrected chi connectivity index (χ4v) is 4.15. The Bertz CT molecular complexity index is 1070. The van der Waals surface area contributed by atoms with Gasteiger partial charge < -0.3 is 9.47 Å². The highest BCUT2D eigenvalue weighted by Gasteiger charge is 2.36. The number of aryl methyl sites for hydroxylation is 1. The first-order valence-electron chi connectivity index (χ1n) is 10.8. The van der Waals surface area contributed by atoms with Crippen LogP contribution < -0.4 is 4.74 Å². The highest BCUT2D eigenvalue weighted by Crippen LogP contribution is 2.35. The summed E-state index contributed by atoms with van der Waals surface area (Å²) in [6, 6.07) is 10.6. The smallest absolute Gasteiger partial charge is 0.433 e. The van der Waals surface area contributed by atoms with Crippen molar-refractivity contribution in [3.8, 4) is 5.75 Å². The van der Waals surface area contributed by atoms with E-state index >= 15 is 0 Å². The van der Waals surface area contributed by atoms with E-state index in [0.717, 1.165) is 41.3 Å². The zero-order chi connectivity index (χ0) is 22.7. The minimum absolute atomic E-state index is 0.0547. The predicted octanol–water partition coefficient (Wildman–Crippen LogP) is 4.67. The Morgan fingerprint density at radius 3 is 2.75 bits per heavy atom. The van der Waals surface area contributed by atoms with Crippen molar-refractivity contribution in [3.05, 3.63) is 59.0 Å². The lowest BCUT2D eigenvalue weighted by Crippen LogP contribution is -2.23. The summed E-state index contributed by atoms with van der Waals surface area (Å²) in [7, 11) is 1.63. The third-order valence-corrected chi connectivity index (χ3v) is 5.70. The van der Waals surface area contributed by atoms with Gasteiger partial charge in [0, 0.05) is 25.4 Å². The molecule has 0 unspecified atom stereocenters. The highest BCUT2D eigenvalue weighted by atomic mass is 19.4. The van der Waals surface area contributed by atoms with E-state index in [0.29, 0.717) is 37.6 Å². The van der Waals surface area contributed by atoms with Gasteiger partial charge in [-0.15, -0.1) is 0 Å². The molecular formula is C23H27F3N4O2. The van der Waals surface area contributed by atoms with E-state index in [2.05, 4.69) is 15.0 Å². The molecule has 0 aliphatic carbocycles. The second-order valence-electron chi connectivity index (χ2n) is 7.94. The van der Waals surface area contributed by atoms with E-state index in [-0.39, 0.29) is 11.7 Å². The topological polar surface area (TPSA) is 51.9 Å². The van der Waals surface area contributed by atoms with Crippen molar-refractivity contribution < 1.29 is 22.6 Å². The fraction of sp³-hybridized carbons (Fsp3) is 0.478. The Hall–Kier alpha value is -2.65. The number of likely N-dealkylation sites (tertiary alicyclic amines) is 1. The summed E-state index contributed by atoms with van der Waals surface area (Å²) < 4.78 is 52.5. The van der Waals surface area contributed by atoms with Crippen molar-refractivity contribution in [1.82, 2.24) is 19.5 Å². The second kappa shape index (κ2) is 9.46. The molecule has 1 fully saturated rings. The summed E-state index contributed by atoms with van der Waals surface area (Å²) >= 11 is 0. The van der Waals surface area contributed by atoms with Crippen LogP contribution in [0, 0.1) is 0 Å². The van der Waals surface area contributed by atoms with Crippen LogP contribution in [0.2, 0.25) is 0 Å². The van der Waals surface area contributed by atoms with Gasteiger partial charge in [-0.2, -0.15) is 18.3 Å². The van der Waals surface area contributed by atoms with Gasteiger partial charge in [-0.3, -0.25) is 4.90 Å². The van der Waals surface area contributed by atoms with Crippen LogP contribution in [0.25, 0.3) is 5.65 Å². The molecule has 1 aliphatic heterocycles. The van der Waals surface area contributed by atoms with Crippen LogP contribution in [0.3, 0.4) is 0 Å². The summed E-state index contributed by atoms with van der Waals surface area (Å²) in [5, 5.41) is 4.35. The highest BCUT2D eigenvalue weighted by molar-refractivity contribution is 5.43. The minimum Gasteiger partial charge on any atom is -0.491 e. The largest absolute Gasteiger partial charge is 0.491 e. The molecule has 6 nitrogen and oxygen atoms in total. The first-order valence-corrected chi connectivity index (χ1v) is 10.8. The van der Waals surface area contributed by atoms with Gasteiger partial charge in [0.25, 0.3) is 0 Å². The first-order chi connectivity index (χ1) is 15.4. The minimum atomic E-state index is -4.49. The van der Waals surface area contributed by atoms with Gasteiger partial charge in [-0.05, 0) is 49.6 Å². The third kappa shape index (κ3) is 4.88. The monoisotopic (exact) mass is 448 g/mol. The molecule has 1 atom stereocenters. The maximum atomic E-state index is 13.6. The third-order valence-electron chi connectivity index (χ3n) is 5.70. The summed E-state index contributed by atoms with van der Waals surface area (Å²) in [5.74, 6) is 0.772. The Morgan fingerprint density at radius 2 is 2.00 bits per heavy atom. The number of rotatable bonds is 8. The van der Waals surface area contributed by atoms with E-state index in [1.807, 2.05) is 24.3 Å². The molecule has 9 heteroatoms. The normalized spacial score (nSPS) is 17.3. The molecule has 0 bridgehead atoms. The van der Waals surface area contributed by atoms with Crippen LogP contribution in [0.5, 0.6) is 5.75 Å². The zero-order valence-corrected chi connectivity index (χ0v) is 18.2. The summed E-state index contributed by atoms with van der Waals surface area (Å²) in [6.07, 6.45) is -2.26. The average molecular weight is 448 g/mol. The number of hydrogen-bond acceptors (Lipinski definition) is 5. The molecule has 2 aromatic heterocycles. The van der Waals surface area contributed by atoms with Crippen molar-refractivity contribution in [2.24, 2.45) is 0 Å². The molecule has 32 heavy (non-hydrogen) atoms. The van der Waals surface area contributed by atoms with Gasteiger partial charge in [-0.1, -0.05) is 19.1 Å². The molecule has 3 heterocycles. The van der Waals surface area contributed by atoms with Gasteiger partial charge in [-0.25, -0.2) is 9.50 Å². The fourth-order valence-electron chi connectivity index (χ4n) is 4.15. The number of methoxy groups -OCH3 is 1. The number of hydrogen-bond donors (Lipinski definition) is 0. The average Bonchev–Trinajstić information content (AvgIpc) is 3.39. The molecule has 1 aliphatic rings. The number of fused-ring (bicyclic) bond motifs is 1. The van der Waals surface area contributed by atoms with Crippen molar-refractivity contribution in [2.45, 2.75) is 44.9 Å². The molecule has 1 saturated heterocycles. The van der Waals surface area contributed by atoms with E-state index in [1.165, 1.54) is 0 Å². The van der Waals surface area contributed by atoms with E-state index in [1.54, 1.807) is 20.1 Å². The molecule has 0 saturated carbocycles. The van der Waals surface area contributed by atoms with E-state index in [4.69, 9.17) is 9.47 Å². The first kappa shape index (κ1) is 22.5. The van der Waals surface area contributed by atoms with Crippen LogP contribution in [0.4, 0.5) is 13.2 Å². The number of benzene rings is 1. The molecule has 4 rings (SSSR count). The SMILES string of the molecule is CCc1cc(C(F)(F)F)n2nc([C@H]3CCCN3Cc3cccc(OCCOC)c3)cc2n1. The number of alkyl halides is 3. The quantitative estimate of drug-likeness (QED) is 0.469. The van der Waals surface area contributed by atoms with Crippen molar-refractivity contribution in [1.29, 1.82) is 0 Å². The lowest BCUT2D eigenvalue weighted by atomic mass is 10.1. The standard InChI is InChI=1S/C23H27F3N4O2/c1-3-17-13-21(23(24,25)26)30-22(27-17)14-19(28-30)20-8-5-9-29(20)15-16-6-4-7-18(12-16)32-11-10-31-2/h4,6-7,12-14,20H,3,5,8-11,15H2,1-2H3/t20-/m1/s1. The molecule has 0 spiro atoms. The van der Waals surface area contributed by atoms with E-state index in [9.17, 15) is 13.2 Å². The van der Waals surface area contributed by atoms with Crippen molar-refractivity contribution in [3.63, 3.8) is 0 Å². The Morgan fingerprint density at radius 1 is 1.16 bits per heavy atom. The van der Waals surface area contributed by atoms with Gasteiger partial charge in [0.2, 0.25) is 0 Å². The summed E-state index contributed by atoms with van der Waals surface area (Å²) in [5.41, 5.74) is 1.58. The number of halogens is 3. The van der Waals surface area contributed by atoms with Gasteiger partial charge in [0.1, 0.15) is 18.1 Å². The van der Waals surface area contributed by atoms with Crippen LogP contribution in [-0.4, -0.2) is 46.4 Å². The predicted molar refractivity (Wildman–Crippen MR) is 114 cm³/mol. The molecule has 0 amide bonds. The zero-order valence-electron chi connectivity index (χ0n) is 18.2. The van der Waals surface area contributed by atoms with Gasteiger partial charge in [0.15, 0.2) is 5.65 Å². The number of aromatic nitrogens is 3. The number of ether oxygens (including phenoxy) is 2. The molecular weight excluding hydrogens is 421 g/mol. The maximum absolute atomic E-state index is 13.6. The van der Waals surface area contributed by atoms with Crippen LogP contribution in [0.1, 0.15) is 48.5 Å². The summed E-state index contributed by atoms with van der Waals surface area (Å²) in [6.45, 7) is 4.30. The second-order valence-corrected chi connectivity index (χ2v) is 7.94. The van der Waals surface area contributed by atoms with Crippen molar-refractivity contribution >= 4 is 5.65 Å². The number of nitrogens with zero attached hydrogens (tertiary/aromatic N) is 4. The maximum Gasteiger partial charge on any atom is 0.433 e. The van der Waals surface area contributed by atoms with E-state index < -0.39 is 11.9 Å². The molecule has 172 valence electrons. The van der Waals surface area contributed by atoms with Crippen LogP contribution in [-0.2, 0) is 23.9 Å². The lowest BCUT2D eigenvalue weighted by Gasteiger charge is -2.23. The molecule has 0 radical (unpaired) electrons. The molecule has 0 N–H and O–H groups in total. The van der Waals surface area contributed by atoms with Crippen LogP contribution in [0.15, 0.2) is 36.4 Å². The van der Waals surface area contributed by atoms with Crippen LogP contribution >= 0.6 is 0 Å². The Kier molecular flexibility index (Phi) is 6.66. The van der Waals surface area contributed by atoms with Crippen molar-refractivity contribution in [2.75, 3.05) is 26.9 Å². The molecule has 1 aromatic carbocycles. The summed E-state index contributed by atoms with van der Waals surface area (Å²) in [4.78, 5) is 6.63. The Labute approximate surface area is 185 Å². The van der Waals surface area contributed by atoms with Gasteiger partial charge >= 0.3 is 6.18 Å². The Balaban J connectivity index is 1.58. The molecule has 3 aromatic rings. The lowest BCUT2D eigenvalue weighted by molar-refractivity contribution is -0.142.